The Balaban J connectivity index is 3.00. The number of nitriles is 1. The molecule has 0 saturated carbocycles. The molecule has 4 heteroatoms. The molecule has 0 radical (unpaired) electrons. The van der Waals surface area contributed by atoms with Crippen LogP contribution in [0.15, 0.2) is 12.3 Å². The van der Waals surface area contributed by atoms with Gasteiger partial charge in [-0.15, -0.1) is 0 Å². The molecule has 0 amide bonds. The van der Waals surface area contributed by atoms with Gasteiger partial charge in [0.2, 0.25) is 0 Å². The molecule has 0 aromatic carbocycles. The van der Waals surface area contributed by atoms with Crippen LogP contribution >= 0.6 is 0 Å². The first kappa shape index (κ1) is 12.3. The van der Waals surface area contributed by atoms with Gasteiger partial charge in [-0.1, -0.05) is 13.3 Å². The molecular formula is C12H18N4. The Morgan fingerprint density at radius 3 is 2.88 bits per heavy atom. The number of nitrogens with zero attached hydrogens (tertiary/aromatic N) is 3. The van der Waals surface area contributed by atoms with Crippen LogP contribution in [0.3, 0.4) is 0 Å². The average molecular weight is 218 g/mol. The minimum atomic E-state index is 0.369. The van der Waals surface area contributed by atoms with Crippen molar-refractivity contribution in [1.29, 1.82) is 5.26 Å². The molecule has 0 bridgehead atoms. The number of aromatic nitrogens is 1. The third-order valence-electron chi connectivity index (χ3n) is 2.79. The van der Waals surface area contributed by atoms with Gasteiger partial charge in [0.1, 0.15) is 6.07 Å². The van der Waals surface area contributed by atoms with Crippen molar-refractivity contribution in [3.05, 3.63) is 17.8 Å². The van der Waals surface area contributed by atoms with Crippen LogP contribution in [0.25, 0.3) is 0 Å². The summed E-state index contributed by atoms with van der Waals surface area (Å²) in [4.78, 5) is 6.27. The van der Waals surface area contributed by atoms with E-state index in [0.717, 1.165) is 12.8 Å². The summed E-state index contributed by atoms with van der Waals surface area (Å²) in [7, 11) is 1.96. The topological polar surface area (TPSA) is 65.9 Å². The van der Waals surface area contributed by atoms with E-state index in [0.29, 0.717) is 23.1 Å². The summed E-state index contributed by atoms with van der Waals surface area (Å²) in [5.74, 6) is 0.694. The normalized spacial score (nSPS) is 11.9. The first-order chi connectivity index (χ1) is 7.61. The van der Waals surface area contributed by atoms with Gasteiger partial charge in [0, 0.05) is 19.3 Å². The zero-order valence-corrected chi connectivity index (χ0v) is 10.1. The second-order valence-corrected chi connectivity index (χ2v) is 3.96. The van der Waals surface area contributed by atoms with Crippen molar-refractivity contribution in [1.82, 2.24) is 4.98 Å². The van der Waals surface area contributed by atoms with Crippen molar-refractivity contribution in [2.24, 2.45) is 0 Å². The lowest BCUT2D eigenvalue weighted by Crippen LogP contribution is -2.30. The molecule has 1 unspecified atom stereocenters. The first-order valence-electron chi connectivity index (χ1n) is 5.49. The van der Waals surface area contributed by atoms with Crippen molar-refractivity contribution in [3.63, 3.8) is 0 Å². The van der Waals surface area contributed by atoms with Gasteiger partial charge in [0.25, 0.3) is 0 Å². The van der Waals surface area contributed by atoms with Crippen molar-refractivity contribution in [2.75, 3.05) is 17.7 Å². The lowest BCUT2D eigenvalue weighted by atomic mass is 10.1. The SMILES string of the molecule is CCCC(C)N(C)c1nccc(C#N)c1N. The van der Waals surface area contributed by atoms with Crippen LogP contribution in [-0.4, -0.2) is 18.1 Å². The Bertz CT molecular complexity index is 394. The van der Waals surface area contributed by atoms with Crippen LogP contribution in [0.1, 0.15) is 32.3 Å². The van der Waals surface area contributed by atoms with Crippen molar-refractivity contribution in [2.45, 2.75) is 32.7 Å². The van der Waals surface area contributed by atoms with Gasteiger partial charge in [-0.3, -0.25) is 0 Å². The van der Waals surface area contributed by atoms with Gasteiger partial charge >= 0.3 is 0 Å². The number of nitrogens with two attached hydrogens (primary N) is 1. The third-order valence-corrected chi connectivity index (χ3v) is 2.79. The standard InChI is InChI=1S/C12H18N4/c1-4-5-9(2)16(3)12-11(14)10(8-13)6-7-15-12/h6-7,9H,4-5,14H2,1-3H3. The maximum Gasteiger partial charge on any atom is 0.153 e. The summed E-state index contributed by atoms with van der Waals surface area (Å²) >= 11 is 0. The summed E-state index contributed by atoms with van der Waals surface area (Å²) in [6, 6.07) is 4.08. The van der Waals surface area contributed by atoms with Crippen LogP contribution in [0.4, 0.5) is 11.5 Å². The molecule has 2 N–H and O–H groups in total. The highest BCUT2D eigenvalue weighted by atomic mass is 15.2. The molecule has 1 aromatic rings. The van der Waals surface area contributed by atoms with Gasteiger partial charge in [0.05, 0.1) is 11.3 Å². The lowest BCUT2D eigenvalue weighted by Gasteiger charge is -2.26. The number of hydrogen-bond acceptors (Lipinski definition) is 4. The molecule has 0 aliphatic rings. The molecule has 0 aliphatic carbocycles. The maximum absolute atomic E-state index is 8.89. The highest BCUT2D eigenvalue weighted by Crippen LogP contribution is 2.24. The highest BCUT2D eigenvalue weighted by Gasteiger charge is 2.14. The highest BCUT2D eigenvalue weighted by molar-refractivity contribution is 5.69. The molecule has 0 saturated heterocycles. The zero-order chi connectivity index (χ0) is 12.1. The summed E-state index contributed by atoms with van der Waals surface area (Å²) < 4.78 is 0. The Labute approximate surface area is 96.7 Å². The quantitative estimate of drug-likeness (QED) is 0.841. The Morgan fingerprint density at radius 2 is 2.31 bits per heavy atom. The molecule has 0 spiro atoms. The van der Waals surface area contributed by atoms with E-state index in [4.69, 9.17) is 11.0 Å². The average Bonchev–Trinajstić information content (AvgIpc) is 2.29. The minimum Gasteiger partial charge on any atom is -0.395 e. The number of hydrogen-bond donors (Lipinski definition) is 1. The van der Waals surface area contributed by atoms with E-state index in [-0.39, 0.29) is 0 Å². The van der Waals surface area contributed by atoms with Gasteiger partial charge in [-0.25, -0.2) is 4.98 Å². The minimum absolute atomic E-state index is 0.369. The molecule has 0 aliphatic heterocycles. The van der Waals surface area contributed by atoms with Crippen LogP contribution in [0.2, 0.25) is 0 Å². The predicted molar refractivity (Wildman–Crippen MR) is 66.1 cm³/mol. The van der Waals surface area contributed by atoms with Crippen molar-refractivity contribution < 1.29 is 0 Å². The zero-order valence-electron chi connectivity index (χ0n) is 10.1. The Morgan fingerprint density at radius 1 is 1.62 bits per heavy atom. The van der Waals surface area contributed by atoms with Crippen LogP contribution < -0.4 is 10.6 Å². The predicted octanol–water partition coefficient (Wildman–Crippen LogP) is 2.16. The smallest absolute Gasteiger partial charge is 0.153 e. The van der Waals surface area contributed by atoms with E-state index in [1.807, 2.05) is 11.9 Å². The van der Waals surface area contributed by atoms with Crippen molar-refractivity contribution in [3.8, 4) is 6.07 Å². The maximum atomic E-state index is 8.89. The van der Waals surface area contributed by atoms with Gasteiger partial charge in [0.15, 0.2) is 5.82 Å². The molecule has 4 nitrogen and oxygen atoms in total. The van der Waals surface area contributed by atoms with Gasteiger partial charge < -0.3 is 10.6 Å². The second kappa shape index (κ2) is 5.36. The number of pyridine rings is 1. The fraction of sp³-hybridized carbons (Fsp3) is 0.500. The number of anilines is 2. The van der Waals surface area contributed by atoms with Gasteiger partial charge in [-0.2, -0.15) is 5.26 Å². The summed E-state index contributed by atoms with van der Waals surface area (Å²) in [5, 5.41) is 8.89. The van der Waals surface area contributed by atoms with E-state index in [1.165, 1.54) is 0 Å². The Hall–Kier alpha value is -1.76. The molecule has 86 valence electrons. The molecule has 1 heterocycles. The second-order valence-electron chi connectivity index (χ2n) is 3.96. The summed E-state index contributed by atoms with van der Waals surface area (Å²) in [6.45, 7) is 4.27. The fourth-order valence-corrected chi connectivity index (χ4v) is 1.66. The Kier molecular flexibility index (Phi) is 4.12. The van der Waals surface area contributed by atoms with E-state index in [1.54, 1.807) is 12.3 Å². The fourth-order valence-electron chi connectivity index (χ4n) is 1.66. The molecule has 1 aromatic heterocycles. The van der Waals surface area contributed by atoms with E-state index in [2.05, 4.69) is 24.9 Å². The molecule has 16 heavy (non-hydrogen) atoms. The number of nitrogen functional groups attached to an aromatic ring is 1. The number of rotatable bonds is 4. The van der Waals surface area contributed by atoms with Crippen LogP contribution in [0.5, 0.6) is 0 Å². The van der Waals surface area contributed by atoms with E-state index in [9.17, 15) is 0 Å². The van der Waals surface area contributed by atoms with E-state index >= 15 is 0 Å². The summed E-state index contributed by atoms with van der Waals surface area (Å²) in [5.41, 5.74) is 6.86. The molecule has 0 fully saturated rings. The van der Waals surface area contributed by atoms with E-state index < -0.39 is 0 Å². The molecule has 1 rings (SSSR count). The van der Waals surface area contributed by atoms with Crippen LogP contribution in [0, 0.1) is 11.3 Å². The largest absolute Gasteiger partial charge is 0.395 e. The van der Waals surface area contributed by atoms with Crippen molar-refractivity contribution >= 4 is 11.5 Å². The third kappa shape index (κ3) is 2.43. The molecular weight excluding hydrogens is 200 g/mol. The monoisotopic (exact) mass is 218 g/mol. The summed E-state index contributed by atoms with van der Waals surface area (Å²) in [6.07, 6.45) is 3.82. The molecule has 1 atom stereocenters. The lowest BCUT2D eigenvalue weighted by molar-refractivity contribution is 0.612. The first-order valence-corrected chi connectivity index (χ1v) is 5.49. The van der Waals surface area contributed by atoms with Crippen LogP contribution in [-0.2, 0) is 0 Å². The van der Waals surface area contributed by atoms with Gasteiger partial charge in [-0.05, 0) is 19.4 Å².